The van der Waals surface area contributed by atoms with Crippen LogP contribution in [0, 0.1) is 0 Å². The molecular formula is C20H26ClNO4S. The van der Waals surface area contributed by atoms with E-state index in [2.05, 4.69) is 11.8 Å². The number of phenols is 1. The van der Waals surface area contributed by atoms with Crippen molar-refractivity contribution in [3.63, 3.8) is 0 Å². The predicted octanol–water partition coefficient (Wildman–Crippen LogP) is 3.56. The Bertz CT molecular complexity index is 914. The molecule has 0 amide bonds. The number of fused-ring (bicyclic) bond motifs is 1. The molecule has 1 heterocycles. The van der Waals surface area contributed by atoms with Crippen LogP contribution in [0.3, 0.4) is 0 Å². The van der Waals surface area contributed by atoms with Crippen LogP contribution in [-0.4, -0.2) is 37.8 Å². The van der Waals surface area contributed by atoms with E-state index in [0.29, 0.717) is 23.2 Å². The first-order valence-corrected chi connectivity index (χ1v) is 10.6. The number of aromatic hydroxyl groups is 1. The zero-order valence-corrected chi connectivity index (χ0v) is 17.4. The molecule has 3 rings (SSSR count). The maximum Gasteiger partial charge on any atom is 0.175 e. The lowest BCUT2D eigenvalue weighted by Crippen LogP contribution is -2.28. The highest BCUT2D eigenvalue weighted by Crippen LogP contribution is 2.31. The molecule has 0 saturated heterocycles. The Morgan fingerprint density at radius 1 is 1.22 bits per heavy atom. The standard InChI is InChI=1S/C20H25NO4S.ClH/c1-14(7-8-15-9-10-18(22)19(11-15)25-2)21-12-16-5-4-6-20(17(16)13-21)26(3,23)24;/h4-6,9-11,14,22H,7-8,12-13H2,1-3H3;1H/t14-;/m1./s1. The summed E-state index contributed by atoms with van der Waals surface area (Å²) in [5.74, 6) is 0.633. The Hall–Kier alpha value is -1.76. The second-order valence-corrected chi connectivity index (χ2v) is 8.95. The molecule has 0 aliphatic carbocycles. The third kappa shape index (κ3) is 4.75. The van der Waals surface area contributed by atoms with Gasteiger partial charge in [-0.3, -0.25) is 4.90 Å². The van der Waals surface area contributed by atoms with Crippen LogP contribution in [0.15, 0.2) is 41.3 Å². The highest BCUT2D eigenvalue weighted by Gasteiger charge is 2.27. The zero-order valence-electron chi connectivity index (χ0n) is 15.8. The molecule has 0 spiro atoms. The van der Waals surface area contributed by atoms with Gasteiger partial charge in [0.05, 0.1) is 12.0 Å². The largest absolute Gasteiger partial charge is 0.504 e. The minimum Gasteiger partial charge on any atom is -0.504 e. The van der Waals surface area contributed by atoms with Gasteiger partial charge in [0.1, 0.15) is 0 Å². The first-order chi connectivity index (χ1) is 12.3. The van der Waals surface area contributed by atoms with Crippen LogP contribution in [0.2, 0.25) is 0 Å². The summed E-state index contributed by atoms with van der Waals surface area (Å²) < 4.78 is 29.2. The first-order valence-electron chi connectivity index (χ1n) is 8.70. The molecule has 0 aromatic heterocycles. The fourth-order valence-corrected chi connectivity index (χ4v) is 4.48. The molecule has 0 unspecified atom stereocenters. The number of benzene rings is 2. The minimum atomic E-state index is -3.21. The van der Waals surface area contributed by atoms with E-state index in [9.17, 15) is 13.5 Å². The average Bonchev–Trinajstić information content (AvgIpc) is 3.04. The van der Waals surface area contributed by atoms with Gasteiger partial charge in [-0.05, 0) is 54.7 Å². The fraction of sp³-hybridized carbons (Fsp3) is 0.400. The van der Waals surface area contributed by atoms with Gasteiger partial charge in [-0.25, -0.2) is 8.42 Å². The molecule has 0 fully saturated rings. The van der Waals surface area contributed by atoms with E-state index in [4.69, 9.17) is 4.74 Å². The minimum absolute atomic E-state index is 0. The van der Waals surface area contributed by atoms with Crippen LogP contribution in [0.1, 0.15) is 30.0 Å². The van der Waals surface area contributed by atoms with Gasteiger partial charge in [0.15, 0.2) is 21.3 Å². The van der Waals surface area contributed by atoms with E-state index >= 15 is 0 Å². The van der Waals surface area contributed by atoms with E-state index < -0.39 is 9.84 Å². The second kappa shape index (κ2) is 8.50. The summed E-state index contributed by atoms with van der Waals surface area (Å²) in [4.78, 5) is 2.77. The number of aryl methyl sites for hydroxylation is 1. The Kier molecular flexibility index (Phi) is 6.78. The van der Waals surface area contributed by atoms with Gasteiger partial charge in [0.25, 0.3) is 0 Å². The average molecular weight is 412 g/mol. The maximum absolute atomic E-state index is 12.0. The van der Waals surface area contributed by atoms with E-state index in [0.717, 1.165) is 36.1 Å². The van der Waals surface area contributed by atoms with Gasteiger partial charge in [0, 0.05) is 25.4 Å². The number of rotatable bonds is 6. The second-order valence-electron chi connectivity index (χ2n) is 6.96. The van der Waals surface area contributed by atoms with E-state index in [1.165, 1.54) is 6.26 Å². The van der Waals surface area contributed by atoms with Gasteiger partial charge in [0.2, 0.25) is 0 Å². The van der Waals surface area contributed by atoms with Gasteiger partial charge >= 0.3 is 0 Å². The molecular weight excluding hydrogens is 386 g/mol. The summed E-state index contributed by atoms with van der Waals surface area (Å²) >= 11 is 0. The summed E-state index contributed by atoms with van der Waals surface area (Å²) in [6.07, 6.45) is 3.08. The van der Waals surface area contributed by atoms with Crippen molar-refractivity contribution in [2.75, 3.05) is 13.4 Å². The Morgan fingerprint density at radius 2 is 1.96 bits per heavy atom. The third-order valence-electron chi connectivity index (χ3n) is 5.08. The molecule has 2 aromatic rings. The highest BCUT2D eigenvalue weighted by molar-refractivity contribution is 7.90. The molecule has 1 atom stereocenters. The molecule has 1 aliphatic heterocycles. The van der Waals surface area contributed by atoms with Gasteiger partial charge in [-0.15, -0.1) is 12.4 Å². The topological polar surface area (TPSA) is 66.8 Å². The van der Waals surface area contributed by atoms with Crippen LogP contribution in [-0.2, 0) is 29.3 Å². The quantitative estimate of drug-likeness (QED) is 0.787. The summed E-state index contributed by atoms with van der Waals surface area (Å²) in [5.41, 5.74) is 3.15. The molecule has 27 heavy (non-hydrogen) atoms. The van der Waals surface area contributed by atoms with Gasteiger partial charge in [-0.1, -0.05) is 18.2 Å². The SMILES string of the molecule is COc1cc(CC[C@@H](C)N2Cc3cccc(S(C)(=O)=O)c3C2)ccc1O.Cl. The lowest BCUT2D eigenvalue weighted by molar-refractivity contribution is 0.202. The number of hydrogen-bond donors (Lipinski definition) is 1. The van der Waals surface area contributed by atoms with Crippen molar-refractivity contribution >= 4 is 22.2 Å². The number of hydrogen-bond acceptors (Lipinski definition) is 5. The first kappa shape index (κ1) is 21.5. The molecule has 5 nitrogen and oxygen atoms in total. The van der Waals surface area contributed by atoms with Gasteiger partial charge in [-0.2, -0.15) is 0 Å². The molecule has 0 bridgehead atoms. The van der Waals surface area contributed by atoms with Crippen molar-refractivity contribution < 1.29 is 18.3 Å². The van der Waals surface area contributed by atoms with Gasteiger partial charge < -0.3 is 9.84 Å². The van der Waals surface area contributed by atoms with Crippen molar-refractivity contribution in [2.24, 2.45) is 0 Å². The van der Waals surface area contributed by atoms with Crippen LogP contribution in [0.25, 0.3) is 0 Å². The molecule has 0 radical (unpaired) electrons. The number of methoxy groups -OCH3 is 1. The Balaban J connectivity index is 0.00000261. The van der Waals surface area contributed by atoms with Crippen molar-refractivity contribution in [1.29, 1.82) is 0 Å². The number of nitrogens with zero attached hydrogens (tertiary/aromatic N) is 1. The van der Waals surface area contributed by atoms with Crippen LogP contribution >= 0.6 is 12.4 Å². The monoisotopic (exact) mass is 411 g/mol. The summed E-state index contributed by atoms with van der Waals surface area (Å²) in [6, 6.07) is 11.3. The lowest BCUT2D eigenvalue weighted by atomic mass is 10.0. The molecule has 1 aliphatic rings. The smallest absolute Gasteiger partial charge is 0.175 e. The molecule has 0 saturated carbocycles. The lowest BCUT2D eigenvalue weighted by Gasteiger charge is -2.24. The van der Waals surface area contributed by atoms with Crippen molar-refractivity contribution in [1.82, 2.24) is 4.90 Å². The summed E-state index contributed by atoms with van der Waals surface area (Å²) in [5, 5.41) is 9.69. The van der Waals surface area contributed by atoms with Crippen LogP contribution in [0.4, 0.5) is 0 Å². The third-order valence-corrected chi connectivity index (χ3v) is 6.26. The molecule has 2 aromatic carbocycles. The zero-order chi connectivity index (χ0) is 18.9. The van der Waals surface area contributed by atoms with Crippen molar-refractivity contribution in [3.8, 4) is 11.5 Å². The Labute approximate surface area is 167 Å². The van der Waals surface area contributed by atoms with E-state index in [-0.39, 0.29) is 18.2 Å². The predicted molar refractivity (Wildman–Crippen MR) is 108 cm³/mol. The molecule has 7 heteroatoms. The molecule has 1 N–H and O–H groups in total. The number of phenolic OH excluding ortho intramolecular Hbond substituents is 1. The number of ether oxygens (including phenoxy) is 1. The number of sulfone groups is 1. The molecule has 148 valence electrons. The summed E-state index contributed by atoms with van der Waals surface area (Å²) in [7, 11) is -1.66. The number of halogens is 1. The van der Waals surface area contributed by atoms with Crippen LogP contribution in [0.5, 0.6) is 11.5 Å². The maximum atomic E-state index is 12.0. The van der Waals surface area contributed by atoms with E-state index in [1.807, 2.05) is 24.3 Å². The fourth-order valence-electron chi connectivity index (χ4n) is 3.51. The van der Waals surface area contributed by atoms with Crippen molar-refractivity contribution in [2.45, 2.75) is 43.8 Å². The van der Waals surface area contributed by atoms with Crippen LogP contribution < -0.4 is 4.74 Å². The summed E-state index contributed by atoms with van der Waals surface area (Å²) in [6.45, 7) is 3.61. The van der Waals surface area contributed by atoms with Crippen molar-refractivity contribution in [3.05, 3.63) is 53.1 Å². The highest BCUT2D eigenvalue weighted by atomic mass is 35.5. The Morgan fingerprint density at radius 3 is 2.63 bits per heavy atom. The van der Waals surface area contributed by atoms with E-state index in [1.54, 1.807) is 19.2 Å². The normalized spacial score (nSPS) is 15.1.